The van der Waals surface area contributed by atoms with Crippen LogP contribution >= 0.6 is 11.6 Å². The fourth-order valence-electron chi connectivity index (χ4n) is 3.41. The predicted molar refractivity (Wildman–Crippen MR) is 106 cm³/mol. The van der Waals surface area contributed by atoms with Crippen LogP contribution in [0, 0.1) is 0 Å². The lowest BCUT2D eigenvalue weighted by atomic mass is 10.0. The van der Waals surface area contributed by atoms with E-state index in [1.807, 2.05) is 0 Å². The smallest absolute Gasteiger partial charge is 0.405 e. The van der Waals surface area contributed by atoms with Crippen molar-refractivity contribution in [2.45, 2.75) is 31.7 Å². The van der Waals surface area contributed by atoms with Crippen LogP contribution < -0.4 is 15.8 Å². The Bertz CT molecular complexity index is 952. The number of nitrogens with one attached hydrogen (secondary N) is 1. The number of amides is 3. The molecule has 1 fully saturated rings. The van der Waals surface area contributed by atoms with Crippen LogP contribution in [-0.2, 0) is 4.79 Å². The van der Waals surface area contributed by atoms with Gasteiger partial charge in [0.05, 0.1) is 5.02 Å². The van der Waals surface area contributed by atoms with Crippen LogP contribution in [-0.4, -0.2) is 35.8 Å². The molecule has 0 aliphatic carbocycles. The van der Waals surface area contributed by atoms with Gasteiger partial charge in [-0.15, -0.1) is 13.2 Å². The van der Waals surface area contributed by atoms with Gasteiger partial charge in [-0.05, 0) is 37.5 Å². The van der Waals surface area contributed by atoms with Gasteiger partial charge in [0.1, 0.15) is 11.8 Å². The molecule has 0 aromatic heterocycles. The molecule has 1 saturated heterocycles. The first kappa shape index (κ1) is 21.8. The lowest BCUT2D eigenvalue weighted by Gasteiger charge is -2.33. The van der Waals surface area contributed by atoms with Gasteiger partial charge in [0.25, 0.3) is 0 Å². The van der Waals surface area contributed by atoms with Crippen LogP contribution in [0.15, 0.2) is 42.5 Å². The highest BCUT2D eigenvalue weighted by molar-refractivity contribution is 6.33. The lowest BCUT2D eigenvalue weighted by molar-refractivity contribution is -0.274. The zero-order chi connectivity index (χ0) is 21.9. The molecule has 0 unspecified atom stereocenters. The Kier molecular flexibility index (Phi) is 6.40. The molecule has 2 aromatic carbocycles. The van der Waals surface area contributed by atoms with Crippen molar-refractivity contribution in [3.05, 3.63) is 47.5 Å². The van der Waals surface area contributed by atoms with Crippen LogP contribution in [0.1, 0.15) is 19.3 Å². The average Bonchev–Trinajstić information content (AvgIpc) is 2.67. The first-order valence-electron chi connectivity index (χ1n) is 9.17. The molecule has 10 heteroatoms. The van der Waals surface area contributed by atoms with Gasteiger partial charge in [-0.2, -0.15) is 0 Å². The number of rotatable bonds is 4. The summed E-state index contributed by atoms with van der Waals surface area (Å²) in [6.07, 6.45) is -2.80. The largest absolute Gasteiger partial charge is 0.573 e. The maximum Gasteiger partial charge on any atom is 0.573 e. The Balaban J connectivity index is 1.81. The highest BCUT2D eigenvalue weighted by atomic mass is 35.5. The summed E-state index contributed by atoms with van der Waals surface area (Å²) in [4.78, 5) is 25.5. The molecule has 0 spiro atoms. The Labute approximate surface area is 175 Å². The van der Waals surface area contributed by atoms with Gasteiger partial charge in [0, 0.05) is 23.4 Å². The van der Waals surface area contributed by atoms with E-state index < -0.39 is 24.3 Å². The summed E-state index contributed by atoms with van der Waals surface area (Å²) < 4.78 is 42.1. The van der Waals surface area contributed by atoms with E-state index in [-0.39, 0.29) is 16.3 Å². The molecule has 0 saturated carbocycles. The maximum atomic E-state index is 12.7. The van der Waals surface area contributed by atoms with Crippen molar-refractivity contribution in [1.29, 1.82) is 0 Å². The Hall–Kier alpha value is -2.94. The van der Waals surface area contributed by atoms with Crippen molar-refractivity contribution in [2.24, 2.45) is 5.73 Å². The van der Waals surface area contributed by atoms with Crippen molar-refractivity contribution in [1.82, 2.24) is 4.90 Å². The number of primary amides is 1. The normalized spacial score (nSPS) is 16.8. The first-order chi connectivity index (χ1) is 14.2. The summed E-state index contributed by atoms with van der Waals surface area (Å²) in [5.74, 6) is -0.791. The summed E-state index contributed by atoms with van der Waals surface area (Å²) in [6, 6.07) is 8.71. The van der Waals surface area contributed by atoms with Crippen LogP contribution in [0.5, 0.6) is 5.75 Å². The fraction of sp³-hybridized carbons (Fsp3) is 0.300. The zero-order valence-corrected chi connectivity index (χ0v) is 16.5. The van der Waals surface area contributed by atoms with Crippen LogP contribution in [0.3, 0.4) is 0 Å². The average molecular weight is 442 g/mol. The van der Waals surface area contributed by atoms with E-state index in [2.05, 4.69) is 10.1 Å². The highest BCUT2D eigenvalue weighted by Gasteiger charge is 2.33. The topological polar surface area (TPSA) is 84.7 Å². The number of carbonyl (C=O) groups is 2. The molecule has 160 valence electrons. The van der Waals surface area contributed by atoms with Gasteiger partial charge in [0.2, 0.25) is 5.91 Å². The number of benzene rings is 2. The first-order valence-corrected chi connectivity index (χ1v) is 9.55. The Morgan fingerprint density at radius 1 is 1.13 bits per heavy atom. The number of urea groups is 1. The van der Waals surface area contributed by atoms with Crippen LogP contribution in [0.25, 0.3) is 11.1 Å². The Morgan fingerprint density at radius 3 is 2.53 bits per heavy atom. The number of hydrogen-bond donors (Lipinski definition) is 2. The fourth-order valence-corrected chi connectivity index (χ4v) is 3.69. The monoisotopic (exact) mass is 441 g/mol. The zero-order valence-electron chi connectivity index (χ0n) is 15.7. The third-order valence-corrected chi connectivity index (χ3v) is 5.04. The van der Waals surface area contributed by atoms with Crippen molar-refractivity contribution in [3.63, 3.8) is 0 Å². The van der Waals surface area contributed by atoms with E-state index in [4.69, 9.17) is 17.3 Å². The number of carbonyl (C=O) groups excluding carboxylic acids is 2. The molecule has 0 bridgehead atoms. The molecule has 3 N–H and O–H groups in total. The molecular formula is C20H19ClF3N3O3. The highest BCUT2D eigenvalue weighted by Crippen LogP contribution is 2.38. The van der Waals surface area contributed by atoms with E-state index >= 15 is 0 Å². The molecular weight excluding hydrogens is 423 g/mol. The number of alkyl halides is 3. The van der Waals surface area contributed by atoms with E-state index in [0.29, 0.717) is 24.2 Å². The number of halogens is 4. The Morgan fingerprint density at radius 2 is 1.87 bits per heavy atom. The minimum atomic E-state index is -4.84. The molecule has 1 heterocycles. The number of likely N-dealkylation sites (tertiary alicyclic amines) is 1. The quantitative estimate of drug-likeness (QED) is 0.716. The van der Waals surface area contributed by atoms with Gasteiger partial charge >= 0.3 is 12.4 Å². The van der Waals surface area contributed by atoms with Crippen molar-refractivity contribution in [2.75, 3.05) is 11.9 Å². The number of para-hydroxylation sites is 1. The molecule has 1 atom stereocenters. The minimum absolute atomic E-state index is 0.126. The van der Waals surface area contributed by atoms with Gasteiger partial charge in [-0.1, -0.05) is 35.9 Å². The number of ether oxygens (including phenoxy) is 1. The summed E-state index contributed by atoms with van der Waals surface area (Å²) in [5, 5.41) is 2.81. The SMILES string of the molecule is NC(=O)N1CCCC[C@@H]1C(=O)Nc1ccc(-c2ccccc2OC(F)(F)F)c(Cl)c1. The van der Waals surface area contributed by atoms with Crippen molar-refractivity contribution >= 4 is 29.2 Å². The standard InChI is InChI=1S/C20H19ClF3N3O3/c21-15-11-12(26-18(28)16-6-3-4-10-27(16)19(25)29)8-9-13(15)14-5-1-2-7-17(14)30-20(22,23)24/h1-2,5,7-9,11,16H,3-4,6,10H2,(H2,25,29)(H,26,28)/t16-/m1/s1. The predicted octanol–water partition coefficient (Wildman–Crippen LogP) is 4.78. The third-order valence-electron chi connectivity index (χ3n) is 4.73. The van der Waals surface area contributed by atoms with Gasteiger partial charge in [0.15, 0.2) is 0 Å². The lowest BCUT2D eigenvalue weighted by Crippen LogP contribution is -2.51. The summed E-state index contributed by atoms with van der Waals surface area (Å²) in [6.45, 7) is 0.406. The number of nitrogens with zero attached hydrogens (tertiary/aromatic N) is 1. The summed E-state index contributed by atoms with van der Waals surface area (Å²) in [5.41, 5.74) is 6.16. The number of nitrogens with two attached hydrogens (primary N) is 1. The van der Waals surface area contributed by atoms with Crippen LogP contribution in [0.2, 0.25) is 5.02 Å². The number of hydrogen-bond acceptors (Lipinski definition) is 3. The summed E-state index contributed by atoms with van der Waals surface area (Å²) >= 11 is 6.28. The maximum absolute atomic E-state index is 12.7. The van der Waals surface area contributed by atoms with Crippen molar-refractivity contribution in [3.8, 4) is 16.9 Å². The molecule has 1 aliphatic heterocycles. The minimum Gasteiger partial charge on any atom is -0.405 e. The number of piperidine rings is 1. The molecule has 1 aliphatic rings. The van der Waals surface area contributed by atoms with Crippen LogP contribution in [0.4, 0.5) is 23.7 Å². The second-order valence-corrected chi connectivity index (χ2v) is 7.18. The van der Waals surface area contributed by atoms with E-state index in [0.717, 1.165) is 12.8 Å². The molecule has 30 heavy (non-hydrogen) atoms. The second-order valence-electron chi connectivity index (χ2n) is 6.77. The third kappa shape index (κ3) is 5.15. The van der Waals surface area contributed by atoms with E-state index in [1.54, 1.807) is 6.07 Å². The van der Waals surface area contributed by atoms with Gasteiger partial charge < -0.3 is 20.7 Å². The molecule has 0 radical (unpaired) electrons. The second kappa shape index (κ2) is 8.83. The van der Waals surface area contributed by atoms with Gasteiger partial charge in [-0.25, -0.2) is 4.79 Å². The number of anilines is 1. The molecule has 2 aromatic rings. The summed E-state index contributed by atoms with van der Waals surface area (Å²) in [7, 11) is 0. The van der Waals surface area contributed by atoms with E-state index in [9.17, 15) is 22.8 Å². The van der Waals surface area contributed by atoms with Gasteiger partial charge in [-0.3, -0.25) is 4.79 Å². The molecule has 3 amide bonds. The van der Waals surface area contributed by atoms with Crippen molar-refractivity contribution < 1.29 is 27.5 Å². The van der Waals surface area contributed by atoms with E-state index in [1.165, 1.54) is 41.3 Å². The molecule has 3 rings (SSSR count). The molecule has 6 nitrogen and oxygen atoms in total.